The molecule has 0 unspecified atom stereocenters. The molecule has 0 atom stereocenters. The van der Waals surface area contributed by atoms with E-state index in [1.807, 2.05) is 0 Å². The molecule has 0 heterocycles. The standard InChI is InChI=1S/C18H28N2/c19-20-18-14-10-6-5-9-13-17(15-18)16-11-7-3-1-2-4-8-12-16/h11,15H,1-10,12-14H2/b16-11?,17-15+. The molecule has 110 valence electrons. The lowest BCUT2D eigenvalue weighted by Gasteiger charge is -2.11. The molecule has 0 fully saturated rings. The molecular formula is C18H28N2. The minimum atomic E-state index is 0.877. The third-order valence-corrected chi connectivity index (χ3v) is 4.55. The van der Waals surface area contributed by atoms with Gasteiger partial charge in [0.15, 0.2) is 0 Å². The Hall–Kier alpha value is -1.14. The molecule has 0 saturated carbocycles. The summed E-state index contributed by atoms with van der Waals surface area (Å²) in [5, 5.41) is 0. The third kappa shape index (κ3) is 5.09. The van der Waals surface area contributed by atoms with Gasteiger partial charge in [-0.15, -0.1) is 0 Å². The Balaban J connectivity index is 2.16. The van der Waals surface area contributed by atoms with E-state index in [-0.39, 0.29) is 0 Å². The Kier molecular flexibility index (Phi) is 6.80. The summed E-state index contributed by atoms with van der Waals surface area (Å²) in [7, 11) is 0. The lowest BCUT2D eigenvalue weighted by molar-refractivity contribution is -0.00645. The second kappa shape index (κ2) is 8.92. The first-order valence-electron chi connectivity index (χ1n) is 8.51. The maximum Gasteiger partial charge on any atom is 0.292 e. The van der Waals surface area contributed by atoms with Gasteiger partial charge in [0.05, 0.1) is 0 Å². The average molecular weight is 272 g/mol. The largest absolute Gasteiger partial charge is 0.361 e. The fourth-order valence-electron chi connectivity index (χ4n) is 3.31. The van der Waals surface area contributed by atoms with Crippen LogP contribution >= 0.6 is 0 Å². The smallest absolute Gasteiger partial charge is 0.292 e. The first-order valence-corrected chi connectivity index (χ1v) is 8.51. The molecule has 0 N–H and O–H groups in total. The summed E-state index contributed by atoms with van der Waals surface area (Å²) >= 11 is 0. The van der Waals surface area contributed by atoms with Crippen LogP contribution in [-0.4, -0.2) is 10.5 Å². The van der Waals surface area contributed by atoms with Gasteiger partial charge in [0.1, 0.15) is 0 Å². The molecule has 2 aliphatic carbocycles. The molecule has 0 aromatic heterocycles. The molecule has 2 rings (SSSR count). The lowest BCUT2D eigenvalue weighted by atomic mass is 9.94. The van der Waals surface area contributed by atoms with Crippen molar-refractivity contribution < 1.29 is 4.79 Å². The summed E-state index contributed by atoms with van der Waals surface area (Å²) < 4.78 is 0. The van der Waals surface area contributed by atoms with Gasteiger partial charge in [-0.25, -0.2) is 0 Å². The van der Waals surface area contributed by atoms with Gasteiger partial charge >= 0.3 is 0 Å². The zero-order valence-electron chi connectivity index (χ0n) is 12.7. The minimum Gasteiger partial charge on any atom is -0.361 e. The molecule has 20 heavy (non-hydrogen) atoms. The summed E-state index contributed by atoms with van der Waals surface area (Å²) in [6, 6.07) is 0. The molecule has 2 heteroatoms. The van der Waals surface area contributed by atoms with Gasteiger partial charge in [-0.2, -0.15) is 4.79 Å². The van der Waals surface area contributed by atoms with Crippen LogP contribution < -0.4 is 0 Å². The molecule has 0 bridgehead atoms. The van der Waals surface area contributed by atoms with Crippen LogP contribution in [0.5, 0.6) is 0 Å². The van der Waals surface area contributed by atoms with Crippen molar-refractivity contribution in [3.63, 3.8) is 0 Å². The highest BCUT2D eigenvalue weighted by Gasteiger charge is 2.13. The quantitative estimate of drug-likeness (QED) is 0.439. The predicted molar refractivity (Wildman–Crippen MR) is 84.8 cm³/mol. The van der Waals surface area contributed by atoms with Crippen molar-refractivity contribution in [1.29, 1.82) is 0 Å². The van der Waals surface area contributed by atoms with E-state index >= 15 is 0 Å². The fourth-order valence-corrected chi connectivity index (χ4v) is 3.31. The van der Waals surface area contributed by atoms with Crippen LogP contribution in [0, 0.1) is 0 Å². The molecule has 0 radical (unpaired) electrons. The van der Waals surface area contributed by atoms with Crippen molar-refractivity contribution in [3.8, 4) is 0 Å². The van der Waals surface area contributed by atoms with Gasteiger partial charge in [-0.3, -0.25) is 0 Å². The van der Waals surface area contributed by atoms with E-state index in [2.05, 4.69) is 16.9 Å². The van der Waals surface area contributed by atoms with E-state index in [9.17, 15) is 5.53 Å². The number of hydrogen-bond donors (Lipinski definition) is 0. The van der Waals surface area contributed by atoms with Crippen LogP contribution in [0.3, 0.4) is 0 Å². The van der Waals surface area contributed by atoms with Crippen molar-refractivity contribution in [2.75, 3.05) is 0 Å². The maximum absolute atomic E-state index is 9.19. The Morgan fingerprint density at radius 3 is 2.05 bits per heavy atom. The molecule has 2 nitrogen and oxygen atoms in total. The van der Waals surface area contributed by atoms with E-state index in [4.69, 9.17) is 0 Å². The normalized spacial score (nSPS) is 25.5. The summed E-state index contributed by atoms with van der Waals surface area (Å²) in [4.78, 5) is 3.51. The molecule has 0 saturated heterocycles. The zero-order chi connectivity index (χ0) is 14.0. The van der Waals surface area contributed by atoms with Gasteiger partial charge in [0, 0.05) is 12.5 Å². The zero-order valence-corrected chi connectivity index (χ0v) is 12.7. The number of hydrogen-bond acceptors (Lipinski definition) is 0. The molecule has 0 aromatic carbocycles. The topological polar surface area (TPSA) is 36.4 Å². The van der Waals surface area contributed by atoms with Crippen molar-refractivity contribution in [2.45, 2.75) is 83.5 Å². The highest BCUT2D eigenvalue weighted by Crippen LogP contribution is 2.27. The van der Waals surface area contributed by atoms with Crippen LogP contribution in [0.1, 0.15) is 83.5 Å². The second-order valence-corrected chi connectivity index (χ2v) is 6.21. The van der Waals surface area contributed by atoms with E-state index in [0.29, 0.717) is 0 Å². The molecular weight excluding hydrogens is 244 g/mol. The molecule has 0 spiro atoms. The van der Waals surface area contributed by atoms with Crippen LogP contribution in [0.4, 0.5) is 0 Å². The lowest BCUT2D eigenvalue weighted by Crippen LogP contribution is -1.99. The van der Waals surface area contributed by atoms with Gasteiger partial charge < -0.3 is 5.53 Å². The monoisotopic (exact) mass is 272 g/mol. The Morgan fingerprint density at radius 1 is 0.700 bits per heavy atom. The number of nitrogens with zero attached hydrogens (tertiary/aromatic N) is 2. The molecule has 2 aliphatic rings. The van der Waals surface area contributed by atoms with E-state index in [1.54, 1.807) is 0 Å². The molecule has 0 aliphatic heterocycles. The van der Waals surface area contributed by atoms with Gasteiger partial charge in [0.25, 0.3) is 5.71 Å². The van der Waals surface area contributed by atoms with Gasteiger partial charge in [0.2, 0.25) is 0 Å². The van der Waals surface area contributed by atoms with Crippen LogP contribution in [0.2, 0.25) is 0 Å². The molecule has 0 amide bonds. The summed E-state index contributed by atoms with van der Waals surface area (Å²) in [6.45, 7) is 0. The van der Waals surface area contributed by atoms with Crippen molar-refractivity contribution >= 4 is 5.71 Å². The number of rotatable bonds is 1. The van der Waals surface area contributed by atoms with E-state index in [0.717, 1.165) is 25.0 Å². The second-order valence-electron chi connectivity index (χ2n) is 6.21. The Morgan fingerprint density at radius 2 is 1.30 bits per heavy atom. The number of allylic oxidation sites excluding steroid dienone is 4. The fraction of sp³-hybridized carbons (Fsp3) is 0.722. The van der Waals surface area contributed by atoms with Crippen molar-refractivity contribution in [3.05, 3.63) is 28.8 Å². The first-order chi connectivity index (χ1) is 9.90. The Labute approximate surface area is 123 Å². The van der Waals surface area contributed by atoms with Crippen LogP contribution in [-0.2, 0) is 0 Å². The summed E-state index contributed by atoms with van der Waals surface area (Å²) in [5.74, 6) is 0. The SMILES string of the molecule is [N-]=[N+]=C1/C=C(/C2=CCCCCCCC2)CCCCCC1. The highest BCUT2D eigenvalue weighted by molar-refractivity contribution is 5.91. The van der Waals surface area contributed by atoms with E-state index < -0.39 is 0 Å². The van der Waals surface area contributed by atoms with Crippen LogP contribution in [0.15, 0.2) is 23.3 Å². The van der Waals surface area contributed by atoms with Crippen molar-refractivity contribution in [1.82, 2.24) is 0 Å². The minimum absolute atomic E-state index is 0.877. The van der Waals surface area contributed by atoms with Crippen molar-refractivity contribution in [2.24, 2.45) is 0 Å². The Bertz CT molecular complexity index is 411. The first kappa shape index (κ1) is 15.3. The summed E-state index contributed by atoms with van der Waals surface area (Å²) in [6.07, 6.45) is 20.9. The average Bonchev–Trinajstić information content (AvgIpc) is 2.68. The third-order valence-electron chi connectivity index (χ3n) is 4.55. The van der Waals surface area contributed by atoms with Gasteiger partial charge in [-0.05, 0) is 56.1 Å². The summed E-state index contributed by atoms with van der Waals surface area (Å²) in [5.41, 5.74) is 13.0. The van der Waals surface area contributed by atoms with E-state index in [1.165, 1.54) is 75.4 Å². The highest BCUT2D eigenvalue weighted by atomic mass is 14.8. The van der Waals surface area contributed by atoms with Gasteiger partial charge in [-0.1, -0.05) is 38.2 Å². The van der Waals surface area contributed by atoms with Crippen LogP contribution in [0.25, 0.3) is 5.53 Å². The predicted octanol–water partition coefficient (Wildman–Crippen LogP) is 5.61. The molecule has 0 aromatic rings. The maximum atomic E-state index is 9.19.